The molecule has 0 aromatic heterocycles. The highest BCUT2D eigenvalue weighted by atomic mass is 28.3. The Bertz CT molecular complexity index is 623. The van der Waals surface area contributed by atoms with Crippen LogP contribution in [0.25, 0.3) is 17.2 Å². The summed E-state index contributed by atoms with van der Waals surface area (Å²) in [6, 6.07) is 17.5. The second-order valence-electron chi connectivity index (χ2n) is 5.57. The van der Waals surface area contributed by atoms with Crippen molar-refractivity contribution < 1.29 is 0 Å². The van der Waals surface area contributed by atoms with Gasteiger partial charge in [0.25, 0.3) is 0 Å². The Kier molecular flexibility index (Phi) is 3.15. The fraction of sp³-hybridized carbons (Fsp3) is 0.222. The van der Waals surface area contributed by atoms with Gasteiger partial charge >= 0.3 is 0 Å². The Morgan fingerprint density at radius 3 is 2.32 bits per heavy atom. The van der Waals surface area contributed by atoms with Gasteiger partial charge in [-0.25, -0.2) is 0 Å². The lowest BCUT2D eigenvalue weighted by Gasteiger charge is -2.18. The van der Waals surface area contributed by atoms with Crippen LogP contribution < -0.4 is 0 Å². The normalized spacial score (nSPS) is 17.5. The van der Waals surface area contributed by atoms with Crippen LogP contribution in [-0.2, 0) is 0 Å². The first-order valence-corrected chi connectivity index (χ1v) is 9.43. The predicted octanol–water partition coefficient (Wildman–Crippen LogP) is 5.15. The Balaban J connectivity index is 2.17. The Morgan fingerprint density at radius 2 is 1.63 bits per heavy atom. The lowest BCUT2D eigenvalue weighted by molar-refractivity contribution is 1.10. The van der Waals surface area contributed by atoms with Crippen LogP contribution in [0.2, 0.25) is 13.1 Å². The quantitative estimate of drug-likeness (QED) is 0.657. The van der Waals surface area contributed by atoms with E-state index >= 15 is 0 Å². The van der Waals surface area contributed by atoms with Crippen molar-refractivity contribution in [1.29, 1.82) is 0 Å². The first-order chi connectivity index (χ1) is 9.18. The summed E-state index contributed by atoms with van der Waals surface area (Å²) in [7, 11) is -0.339. The van der Waals surface area contributed by atoms with Gasteiger partial charge in [-0.3, -0.25) is 0 Å². The Labute approximate surface area is 117 Å². The minimum absolute atomic E-state index is 0.339. The maximum atomic E-state index is 2.41. The third kappa shape index (κ3) is 2.08. The molecule has 0 aliphatic heterocycles. The minimum atomic E-state index is -0.339. The van der Waals surface area contributed by atoms with Crippen molar-refractivity contribution >= 4 is 14.9 Å². The monoisotopic (exact) mass is 263 g/mol. The van der Waals surface area contributed by atoms with Gasteiger partial charge in [0.1, 0.15) is 0 Å². The number of allylic oxidation sites excluding steroid dienone is 1. The molecule has 1 radical (unpaired) electrons. The van der Waals surface area contributed by atoms with Crippen molar-refractivity contribution in [2.24, 2.45) is 0 Å². The van der Waals surface area contributed by atoms with Crippen molar-refractivity contribution in [3.8, 4) is 11.1 Å². The van der Waals surface area contributed by atoms with Crippen LogP contribution in [0, 0.1) is 0 Å². The maximum absolute atomic E-state index is 2.41. The fourth-order valence-corrected chi connectivity index (χ4v) is 5.06. The van der Waals surface area contributed by atoms with E-state index in [9.17, 15) is 0 Å². The van der Waals surface area contributed by atoms with E-state index in [0.29, 0.717) is 5.54 Å². The maximum Gasteiger partial charge on any atom is 0.0551 e. The highest BCUT2D eigenvalue weighted by molar-refractivity contribution is 6.58. The van der Waals surface area contributed by atoms with Crippen molar-refractivity contribution in [1.82, 2.24) is 0 Å². The lowest BCUT2D eigenvalue weighted by atomic mass is 9.97. The summed E-state index contributed by atoms with van der Waals surface area (Å²) < 4.78 is 0. The fourth-order valence-electron chi connectivity index (χ4n) is 3.19. The van der Waals surface area contributed by atoms with Crippen LogP contribution in [0.5, 0.6) is 0 Å². The molecule has 2 aromatic carbocycles. The second-order valence-corrected chi connectivity index (χ2v) is 8.31. The molecular weight excluding hydrogens is 244 g/mol. The molecule has 0 heterocycles. The van der Waals surface area contributed by atoms with Gasteiger partial charge in [0.05, 0.1) is 8.80 Å². The molecule has 95 valence electrons. The van der Waals surface area contributed by atoms with Gasteiger partial charge < -0.3 is 0 Å². The summed E-state index contributed by atoms with van der Waals surface area (Å²) in [6.07, 6.45) is 2.40. The van der Waals surface area contributed by atoms with Crippen molar-refractivity contribution in [3.63, 3.8) is 0 Å². The number of hydrogen-bond donors (Lipinski definition) is 0. The van der Waals surface area contributed by atoms with E-state index in [-0.39, 0.29) is 8.80 Å². The van der Waals surface area contributed by atoms with Crippen LogP contribution in [-0.4, -0.2) is 8.80 Å². The molecular formula is C18H19Si. The number of hydrogen-bond acceptors (Lipinski definition) is 0. The molecule has 0 fully saturated rings. The van der Waals surface area contributed by atoms with Crippen LogP contribution in [0.3, 0.4) is 0 Å². The molecule has 1 atom stereocenters. The Hall–Kier alpha value is -1.60. The van der Waals surface area contributed by atoms with E-state index in [2.05, 4.69) is 74.6 Å². The number of benzene rings is 2. The zero-order valence-corrected chi connectivity index (χ0v) is 12.8. The van der Waals surface area contributed by atoms with Crippen LogP contribution in [0.1, 0.15) is 23.6 Å². The van der Waals surface area contributed by atoms with Crippen molar-refractivity contribution in [2.45, 2.75) is 25.6 Å². The van der Waals surface area contributed by atoms with E-state index in [0.717, 1.165) is 0 Å². The molecule has 0 nitrogen and oxygen atoms in total. The zero-order valence-electron chi connectivity index (χ0n) is 11.8. The van der Waals surface area contributed by atoms with E-state index in [1.165, 1.54) is 27.8 Å². The highest BCUT2D eigenvalue weighted by Gasteiger charge is 2.27. The standard InChI is InChI=1S/C18H19Si/c1-13-12-17-15(14-8-5-4-6-9-14)10-7-11-16(17)18(13)19(2)3/h4-12,18H,1-3H3. The van der Waals surface area contributed by atoms with Gasteiger partial charge in [-0.1, -0.05) is 73.3 Å². The van der Waals surface area contributed by atoms with E-state index in [1.807, 2.05) is 0 Å². The van der Waals surface area contributed by atoms with Gasteiger partial charge in [-0.05, 0) is 34.7 Å². The first-order valence-electron chi connectivity index (χ1n) is 6.85. The topological polar surface area (TPSA) is 0 Å². The lowest BCUT2D eigenvalue weighted by Crippen LogP contribution is -2.15. The van der Waals surface area contributed by atoms with E-state index < -0.39 is 0 Å². The summed E-state index contributed by atoms with van der Waals surface area (Å²) in [4.78, 5) is 0. The van der Waals surface area contributed by atoms with E-state index in [4.69, 9.17) is 0 Å². The van der Waals surface area contributed by atoms with Gasteiger partial charge in [-0.2, -0.15) is 0 Å². The molecule has 2 aromatic rings. The SMILES string of the molecule is CC1=Cc2c(-c3ccccc3)cccc2C1[Si](C)C. The molecule has 0 saturated carbocycles. The van der Waals surface area contributed by atoms with Crippen molar-refractivity contribution in [2.75, 3.05) is 0 Å². The molecule has 0 N–H and O–H groups in total. The molecule has 1 aliphatic rings. The molecule has 0 bridgehead atoms. The molecule has 1 heteroatoms. The second kappa shape index (κ2) is 4.82. The van der Waals surface area contributed by atoms with Gasteiger partial charge in [0, 0.05) is 0 Å². The van der Waals surface area contributed by atoms with Gasteiger partial charge in [0.15, 0.2) is 0 Å². The molecule has 0 spiro atoms. The molecule has 1 aliphatic carbocycles. The van der Waals surface area contributed by atoms with Crippen LogP contribution in [0.15, 0.2) is 54.1 Å². The molecule has 19 heavy (non-hydrogen) atoms. The average molecular weight is 263 g/mol. The number of fused-ring (bicyclic) bond motifs is 1. The van der Waals surface area contributed by atoms with Crippen LogP contribution in [0.4, 0.5) is 0 Å². The molecule has 1 unspecified atom stereocenters. The van der Waals surface area contributed by atoms with Gasteiger partial charge in [0.2, 0.25) is 0 Å². The predicted molar refractivity (Wildman–Crippen MR) is 85.8 cm³/mol. The Morgan fingerprint density at radius 1 is 0.895 bits per heavy atom. The summed E-state index contributed by atoms with van der Waals surface area (Å²) in [6.45, 7) is 7.12. The molecule has 3 rings (SSSR count). The summed E-state index contributed by atoms with van der Waals surface area (Å²) in [5.41, 5.74) is 7.91. The average Bonchev–Trinajstić information content (AvgIpc) is 2.75. The minimum Gasteiger partial charge on any atom is -0.0705 e. The van der Waals surface area contributed by atoms with E-state index in [1.54, 1.807) is 0 Å². The summed E-state index contributed by atoms with van der Waals surface area (Å²) in [5, 5.41) is 0. The van der Waals surface area contributed by atoms with Crippen molar-refractivity contribution in [3.05, 3.63) is 65.2 Å². The first kappa shape index (κ1) is 12.4. The molecule has 0 amide bonds. The summed E-state index contributed by atoms with van der Waals surface area (Å²) in [5.74, 6) is 0. The highest BCUT2D eigenvalue weighted by Crippen LogP contribution is 2.41. The number of rotatable bonds is 2. The van der Waals surface area contributed by atoms with Gasteiger partial charge in [-0.15, -0.1) is 0 Å². The third-order valence-corrected chi connectivity index (χ3v) is 5.86. The largest absolute Gasteiger partial charge is 0.0705 e. The smallest absolute Gasteiger partial charge is 0.0551 e. The molecule has 0 saturated heterocycles. The van der Waals surface area contributed by atoms with Crippen LogP contribution >= 0.6 is 0 Å². The third-order valence-electron chi connectivity index (χ3n) is 3.94. The zero-order chi connectivity index (χ0) is 13.4. The summed E-state index contributed by atoms with van der Waals surface area (Å²) >= 11 is 0.